The summed E-state index contributed by atoms with van der Waals surface area (Å²) in [5.41, 5.74) is 1.25. The molecular formula is C18H24N2O3. The van der Waals surface area contributed by atoms with E-state index in [0.29, 0.717) is 25.6 Å². The summed E-state index contributed by atoms with van der Waals surface area (Å²) >= 11 is 0. The first kappa shape index (κ1) is 15.8. The van der Waals surface area contributed by atoms with E-state index in [4.69, 9.17) is 4.74 Å². The quantitative estimate of drug-likeness (QED) is 0.928. The number of piperidine rings is 1. The number of nitrogens with zero attached hydrogens (tertiary/aromatic N) is 1. The molecule has 2 aliphatic rings. The molecule has 5 nitrogen and oxygen atoms in total. The van der Waals surface area contributed by atoms with Crippen LogP contribution < -0.4 is 5.32 Å². The summed E-state index contributed by atoms with van der Waals surface area (Å²) in [6.07, 6.45) is 2.29. The van der Waals surface area contributed by atoms with Gasteiger partial charge in [-0.05, 0) is 37.7 Å². The standard InChI is InChI=1S/C18H24N2O3/c1-2-23-18(22)20-10-8-14(9-11-20)19-17(21)16-12-15(16)13-6-4-3-5-7-13/h3-7,14-16H,2,8-12H2,1H3,(H,19,21). The van der Waals surface area contributed by atoms with Crippen molar-refractivity contribution in [2.24, 2.45) is 5.92 Å². The third kappa shape index (κ3) is 3.84. The molecule has 0 spiro atoms. The molecule has 1 aliphatic heterocycles. The first-order valence-electron chi connectivity index (χ1n) is 8.46. The molecule has 0 aromatic heterocycles. The van der Waals surface area contributed by atoms with Gasteiger partial charge in [-0.1, -0.05) is 30.3 Å². The molecule has 124 valence electrons. The van der Waals surface area contributed by atoms with E-state index in [1.165, 1.54) is 5.56 Å². The van der Waals surface area contributed by atoms with E-state index in [-0.39, 0.29) is 24.0 Å². The van der Waals surface area contributed by atoms with Crippen molar-refractivity contribution >= 4 is 12.0 Å². The van der Waals surface area contributed by atoms with Crippen LogP contribution >= 0.6 is 0 Å². The highest BCUT2D eigenvalue weighted by Gasteiger charge is 2.44. The van der Waals surface area contributed by atoms with Crippen LogP contribution in [0.5, 0.6) is 0 Å². The predicted molar refractivity (Wildman–Crippen MR) is 87.0 cm³/mol. The predicted octanol–water partition coefficient (Wildman–Crippen LogP) is 2.53. The van der Waals surface area contributed by atoms with E-state index >= 15 is 0 Å². The first-order chi connectivity index (χ1) is 11.2. The molecule has 2 fully saturated rings. The Kier molecular flexibility index (Phi) is 4.84. The highest BCUT2D eigenvalue weighted by Crippen LogP contribution is 2.47. The first-order valence-corrected chi connectivity index (χ1v) is 8.46. The summed E-state index contributed by atoms with van der Waals surface area (Å²) in [6.45, 7) is 3.51. The van der Waals surface area contributed by atoms with E-state index in [1.54, 1.807) is 4.90 Å². The maximum atomic E-state index is 12.4. The van der Waals surface area contributed by atoms with Gasteiger partial charge in [-0.3, -0.25) is 4.79 Å². The Morgan fingerprint density at radius 1 is 1.22 bits per heavy atom. The lowest BCUT2D eigenvalue weighted by Gasteiger charge is -2.31. The molecule has 1 aromatic rings. The second kappa shape index (κ2) is 7.02. The highest BCUT2D eigenvalue weighted by atomic mass is 16.6. The summed E-state index contributed by atoms with van der Waals surface area (Å²) in [5, 5.41) is 3.15. The van der Waals surface area contributed by atoms with Crippen LogP contribution in [0.1, 0.15) is 37.7 Å². The van der Waals surface area contributed by atoms with Crippen molar-refractivity contribution in [3.8, 4) is 0 Å². The average Bonchev–Trinajstić information content (AvgIpc) is 3.37. The van der Waals surface area contributed by atoms with Gasteiger partial charge in [0.05, 0.1) is 6.61 Å². The Morgan fingerprint density at radius 3 is 2.57 bits per heavy atom. The molecule has 0 bridgehead atoms. The number of carbonyl (C=O) groups is 2. The van der Waals surface area contributed by atoms with Crippen molar-refractivity contribution in [3.63, 3.8) is 0 Å². The molecule has 3 rings (SSSR count). The summed E-state index contributed by atoms with van der Waals surface area (Å²) in [4.78, 5) is 25.7. The molecule has 1 heterocycles. The van der Waals surface area contributed by atoms with E-state index in [1.807, 2.05) is 25.1 Å². The highest BCUT2D eigenvalue weighted by molar-refractivity contribution is 5.83. The van der Waals surface area contributed by atoms with Crippen molar-refractivity contribution < 1.29 is 14.3 Å². The van der Waals surface area contributed by atoms with Crippen LogP contribution in [-0.2, 0) is 9.53 Å². The fourth-order valence-corrected chi connectivity index (χ4v) is 3.28. The van der Waals surface area contributed by atoms with Crippen LogP contribution in [0.4, 0.5) is 4.79 Å². The third-order valence-corrected chi connectivity index (χ3v) is 4.72. The monoisotopic (exact) mass is 316 g/mol. The zero-order valence-corrected chi connectivity index (χ0v) is 13.5. The molecule has 0 radical (unpaired) electrons. The molecule has 2 amide bonds. The van der Waals surface area contributed by atoms with E-state index in [0.717, 1.165) is 19.3 Å². The van der Waals surface area contributed by atoms with Gasteiger partial charge in [0, 0.05) is 25.0 Å². The van der Waals surface area contributed by atoms with Gasteiger partial charge >= 0.3 is 6.09 Å². The topological polar surface area (TPSA) is 58.6 Å². The number of hydrogen-bond acceptors (Lipinski definition) is 3. The molecule has 2 atom stereocenters. The molecule has 2 unspecified atom stereocenters. The van der Waals surface area contributed by atoms with Gasteiger partial charge < -0.3 is 15.0 Å². The molecule has 23 heavy (non-hydrogen) atoms. The van der Waals surface area contributed by atoms with Crippen molar-refractivity contribution in [2.75, 3.05) is 19.7 Å². The normalized spacial score (nSPS) is 24.1. The van der Waals surface area contributed by atoms with Crippen LogP contribution in [0.2, 0.25) is 0 Å². The molecular weight excluding hydrogens is 292 g/mol. The van der Waals surface area contributed by atoms with Gasteiger partial charge in [0.25, 0.3) is 0 Å². The smallest absolute Gasteiger partial charge is 0.409 e. The maximum Gasteiger partial charge on any atom is 0.409 e. The lowest BCUT2D eigenvalue weighted by Crippen LogP contribution is -2.47. The third-order valence-electron chi connectivity index (χ3n) is 4.72. The molecule has 1 aliphatic carbocycles. The van der Waals surface area contributed by atoms with Gasteiger partial charge in [0.15, 0.2) is 0 Å². The largest absolute Gasteiger partial charge is 0.450 e. The number of likely N-dealkylation sites (tertiary alicyclic amines) is 1. The van der Waals surface area contributed by atoms with Gasteiger partial charge in [-0.15, -0.1) is 0 Å². The Labute approximate surface area is 137 Å². The number of ether oxygens (including phenoxy) is 1. The van der Waals surface area contributed by atoms with Gasteiger partial charge in [-0.25, -0.2) is 4.79 Å². The summed E-state index contributed by atoms with van der Waals surface area (Å²) in [7, 11) is 0. The zero-order valence-electron chi connectivity index (χ0n) is 13.5. The van der Waals surface area contributed by atoms with Crippen LogP contribution in [0.15, 0.2) is 30.3 Å². The zero-order chi connectivity index (χ0) is 16.2. The summed E-state index contributed by atoms with van der Waals surface area (Å²) < 4.78 is 5.01. The van der Waals surface area contributed by atoms with Crippen LogP contribution in [0, 0.1) is 5.92 Å². The van der Waals surface area contributed by atoms with Crippen LogP contribution in [-0.4, -0.2) is 42.6 Å². The second-order valence-electron chi connectivity index (χ2n) is 6.33. The number of amides is 2. The van der Waals surface area contributed by atoms with Crippen LogP contribution in [0.25, 0.3) is 0 Å². The molecule has 1 saturated carbocycles. The Balaban J connectivity index is 1.43. The van der Waals surface area contributed by atoms with E-state index in [9.17, 15) is 9.59 Å². The summed E-state index contributed by atoms with van der Waals surface area (Å²) in [6, 6.07) is 10.4. The minimum absolute atomic E-state index is 0.112. The Bertz CT molecular complexity index is 553. The Morgan fingerprint density at radius 2 is 1.91 bits per heavy atom. The van der Waals surface area contributed by atoms with Crippen molar-refractivity contribution in [3.05, 3.63) is 35.9 Å². The maximum absolute atomic E-state index is 12.4. The van der Waals surface area contributed by atoms with Crippen molar-refractivity contribution in [1.29, 1.82) is 0 Å². The fraction of sp³-hybridized carbons (Fsp3) is 0.556. The number of benzene rings is 1. The van der Waals surface area contributed by atoms with E-state index < -0.39 is 0 Å². The van der Waals surface area contributed by atoms with Crippen molar-refractivity contribution in [1.82, 2.24) is 10.2 Å². The number of hydrogen-bond donors (Lipinski definition) is 1. The Hall–Kier alpha value is -2.04. The number of carbonyl (C=O) groups excluding carboxylic acids is 2. The average molecular weight is 316 g/mol. The number of rotatable bonds is 4. The molecule has 1 aromatic carbocycles. The van der Waals surface area contributed by atoms with E-state index in [2.05, 4.69) is 17.4 Å². The minimum Gasteiger partial charge on any atom is -0.450 e. The summed E-state index contributed by atoms with van der Waals surface area (Å²) in [5.74, 6) is 0.643. The SMILES string of the molecule is CCOC(=O)N1CCC(NC(=O)C2CC2c2ccccc2)CC1. The molecule has 1 N–H and O–H groups in total. The fourth-order valence-electron chi connectivity index (χ4n) is 3.28. The lowest BCUT2D eigenvalue weighted by atomic mass is 10.0. The molecule has 1 saturated heterocycles. The molecule has 5 heteroatoms. The van der Waals surface area contributed by atoms with Gasteiger partial charge in [-0.2, -0.15) is 0 Å². The van der Waals surface area contributed by atoms with Gasteiger partial charge in [0.2, 0.25) is 5.91 Å². The number of nitrogens with one attached hydrogen (secondary N) is 1. The minimum atomic E-state index is -0.247. The second-order valence-corrected chi connectivity index (χ2v) is 6.33. The lowest BCUT2D eigenvalue weighted by molar-refractivity contribution is -0.123. The van der Waals surface area contributed by atoms with Crippen molar-refractivity contribution in [2.45, 2.75) is 38.1 Å². The van der Waals surface area contributed by atoms with Gasteiger partial charge in [0.1, 0.15) is 0 Å². The van der Waals surface area contributed by atoms with Crippen LogP contribution in [0.3, 0.4) is 0 Å².